The van der Waals surface area contributed by atoms with Crippen molar-refractivity contribution in [1.29, 1.82) is 0 Å². The Morgan fingerprint density at radius 1 is 1.25 bits per heavy atom. The number of rotatable bonds is 3. The fraction of sp³-hybridized carbons (Fsp3) is 0.429. The van der Waals surface area contributed by atoms with Crippen LogP contribution in [0.1, 0.15) is 18.9 Å². The van der Waals surface area contributed by atoms with Gasteiger partial charge in [0.2, 0.25) is 5.96 Å². The van der Waals surface area contributed by atoms with E-state index in [0.717, 1.165) is 19.5 Å². The number of guanidine groups is 2. The maximum Gasteiger partial charge on any atom is 0.218 e. The summed E-state index contributed by atoms with van der Waals surface area (Å²) >= 11 is 0. The van der Waals surface area contributed by atoms with Crippen molar-refractivity contribution in [2.24, 2.45) is 27.2 Å². The quantitative estimate of drug-likeness (QED) is 0.542. The van der Waals surface area contributed by atoms with E-state index in [0.29, 0.717) is 6.04 Å². The van der Waals surface area contributed by atoms with Gasteiger partial charge >= 0.3 is 0 Å². The van der Waals surface area contributed by atoms with E-state index in [4.69, 9.17) is 17.2 Å². The zero-order chi connectivity index (χ0) is 14.5. The van der Waals surface area contributed by atoms with Crippen LogP contribution < -0.4 is 17.2 Å². The lowest BCUT2D eigenvalue weighted by Crippen LogP contribution is -2.28. The van der Waals surface area contributed by atoms with Gasteiger partial charge in [0, 0.05) is 19.1 Å². The summed E-state index contributed by atoms with van der Waals surface area (Å²) in [7, 11) is 0. The fourth-order valence-corrected chi connectivity index (χ4v) is 2.55. The molecule has 0 aliphatic carbocycles. The Kier molecular flexibility index (Phi) is 4.57. The van der Waals surface area contributed by atoms with Gasteiger partial charge in [-0.1, -0.05) is 30.3 Å². The van der Waals surface area contributed by atoms with Crippen molar-refractivity contribution >= 4 is 11.9 Å². The molecule has 1 heterocycles. The van der Waals surface area contributed by atoms with Crippen LogP contribution in [0.4, 0.5) is 0 Å². The van der Waals surface area contributed by atoms with Crippen LogP contribution in [0.25, 0.3) is 0 Å². The maximum atomic E-state index is 5.68. The average Bonchev–Trinajstić information content (AvgIpc) is 2.69. The second-order valence-corrected chi connectivity index (χ2v) is 5.18. The molecular weight excluding hydrogens is 252 g/mol. The highest BCUT2D eigenvalue weighted by Crippen LogP contribution is 2.22. The van der Waals surface area contributed by atoms with Gasteiger partial charge in [-0.25, -0.2) is 4.99 Å². The van der Waals surface area contributed by atoms with E-state index in [9.17, 15) is 0 Å². The van der Waals surface area contributed by atoms with E-state index in [1.807, 2.05) is 6.07 Å². The Morgan fingerprint density at radius 2 is 1.95 bits per heavy atom. The van der Waals surface area contributed by atoms with Crippen LogP contribution in [-0.2, 0) is 6.54 Å². The average molecular weight is 274 g/mol. The van der Waals surface area contributed by atoms with E-state index in [1.54, 1.807) is 0 Å². The van der Waals surface area contributed by atoms with Crippen molar-refractivity contribution in [2.45, 2.75) is 32.0 Å². The number of likely N-dealkylation sites (tertiary alicyclic amines) is 1. The van der Waals surface area contributed by atoms with E-state index in [1.165, 1.54) is 5.56 Å². The molecule has 0 radical (unpaired) electrons. The molecule has 2 unspecified atom stereocenters. The fourth-order valence-electron chi connectivity index (χ4n) is 2.55. The molecule has 6 nitrogen and oxygen atoms in total. The first kappa shape index (κ1) is 14.3. The predicted molar refractivity (Wildman–Crippen MR) is 82.2 cm³/mol. The lowest BCUT2D eigenvalue weighted by atomic mass is 10.2. The molecule has 0 bridgehead atoms. The zero-order valence-electron chi connectivity index (χ0n) is 11.7. The Hall–Kier alpha value is -2.08. The van der Waals surface area contributed by atoms with Crippen LogP contribution >= 0.6 is 0 Å². The molecule has 0 aromatic heterocycles. The van der Waals surface area contributed by atoms with E-state index in [-0.39, 0.29) is 18.0 Å². The van der Waals surface area contributed by atoms with Gasteiger partial charge in [-0.05, 0) is 18.9 Å². The zero-order valence-corrected chi connectivity index (χ0v) is 11.7. The highest BCUT2D eigenvalue weighted by atomic mass is 15.2. The molecule has 1 aromatic carbocycles. The topological polar surface area (TPSA) is 106 Å². The van der Waals surface area contributed by atoms with Crippen LogP contribution in [0.2, 0.25) is 0 Å². The van der Waals surface area contributed by atoms with Crippen LogP contribution in [0.15, 0.2) is 40.3 Å². The Bertz CT molecular complexity index is 492. The largest absolute Gasteiger partial charge is 0.370 e. The summed E-state index contributed by atoms with van der Waals surface area (Å²) in [5.74, 6) is 0.0993. The van der Waals surface area contributed by atoms with E-state index >= 15 is 0 Å². The van der Waals surface area contributed by atoms with Crippen LogP contribution in [0.5, 0.6) is 0 Å². The van der Waals surface area contributed by atoms with Gasteiger partial charge in [0.1, 0.15) is 0 Å². The van der Waals surface area contributed by atoms with Crippen molar-refractivity contribution in [3.05, 3.63) is 35.9 Å². The highest BCUT2D eigenvalue weighted by Gasteiger charge is 2.28. The molecule has 1 aliphatic rings. The van der Waals surface area contributed by atoms with Gasteiger partial charge in [0.05, 0.1) is 6.04 Å². The Balaban J connectivity index is 1.97. The monoisotopic (exact) mass is 274 g/mol. The van der Waals surface area contributed by atoms with Gasteiger partial charge in [0.25, 0.3) is 0 Å². The lowest BCUT2D eigenvalue weighted by molar-refractivity contribution is 0.259. The third kappa shape index (κ3) is 3.96. The molecule has 20 heavy (non-hydrogen) atoms. The first-order valence-corrected chi connectivity index (χ1v) is 6.75. The third-order valence-corrected chi connectivity index (χ3v) is 3.47. The van der Waals surface area contributed by atoms with Crippen molar-refractivity contribution < 1.29 is 0 Å². The maximum absolute atomic E-state index is 5.68. The molecule has 0 saturated carbocycles. The summed E-state index contributed by atoms with van der Waals surface area (Å²) in [6, 6.07) is 11.0. The first-order valence-electron chi connectivity index (χ1n) is 6.75. The molecule has 1 aliphatic heterocycles. The molecule has 0 amide bonds. The standard InChI is InChI=1S/C14H22N6/c1-10-7-12(18-14(17)19-13(15)16)9-20(10)8-11-5-3-2-4-6-11/h2-6,10,12H,7-9H2,1H3,(H6,15,16,17,18,19). The van der Waals surface area contributed by atoms with Gasteiger partial charge in [-0.15, -0.1) is 0 Å². The Morgan fingerprint density at radius 3 is 2.60 bits per heavy atom. The molecule has 1 aromatic rings. The normalized spacial score (nSPS) is 23.8. The van der Waals surface area contributed by atoms with E-state index in [2.05, 4.69) is 46.1 Å². The third-order valence-electron chi connectivity index (χ3n) is 3.47. The summed E-state index contributed by atoms with van der Waals surface area (Å²) in [4.78, 5) is 10.5. The van der Waals surface area contributed by atoms with Crippen LogP contribution in [0, 0.1) is 0 Å². The number of nitrogens with two attached hydrogens (primary N) is 3. The highest BCUT2D eigenvalue weighted by molar-refractivity contribution is 5.92. The SMILES string of the molecule is CC1CC(N=C(N)N=C(N)N)CN1Cc1ccccc1. The molecule has 6 N–H and O–H groups in total. The smallest absolute Gasteiger partial charge is 0.218 e. The molecule has 6 heteroatoms. The summed E-state index contributed by atoms with van der Waals surface area (Å²) in [6.07, 6.45) is 0.966. The molecule has 1 fully saturated rings. The number of hydrogen-bond acceptors (Lipinski definition) is 2. The van der Waals surface area contributed by atoms with Gasteiger partial charge in [-0.2, -0.15) is 4.99 Å². The van der Waals surface area contributed by atoms with Gasteiger partial charge in [0.15, 0.2) is 5.96 Å². The van der Waals surface area contributed by atoms with Crippen molar-refractivity contribution in [2.75, 3.05) is 6.54 Å². The van der Waals surface area contributed by atoms with Crippen LogP contribution in [0.3, 0.4) is 0 Å². The second kappa shape index (κ2) is 6.38. The molecule has 2 atom stereocenters. The summed E-state index contributed by atoms with van der Waals surface area (Å²) in [5.41, 5.74) is 17.6. The summed E-state index contributed by atoms with van der Waals surface area (Å²) in [5, 5.41) is 0. The number of aliphatic imine (C=N–C) groups is 2. The Labute approximate surface area is 119 Å². The molecule has 0 spiro atoms. The van der Waals surface area contributed by atoms with Crippen molar-refractivity contribution in [3.63, 3.8) is 0 Å². The van der Waals surface area contributed by atoms with Gasteiger partial charge in [-0.3, -0.25) is 4.90 Å². The van der Waals surface area contributed by atoms with Gasteiger partial charge < -0.3 is 17.2 Å². The summed E-state index contributed by atoms with van der Waals surface area (Å²) < 4.78 is 0. The molecule has 2 rings (SSSR count). The molecular formula is C14H22N6. The number of benzene rings is 1. The first-order chi connectivity index (χ1) is 9.54. The minimum Gasteiger partial charge on any atom is -0.370 e. The van der Waals surface area contributed by atoms with Crippen LogP contribution in [-0.4, -0.2) is 35.4 Å². The number of nitrogens with zero attached hydrogens (tertiary/aromatic N) is 3. The molecule has 108 valence electrons. The lowest BCUT2D eigenvalue weighted by Gasteiger charge is -2.20. The minimum absolute atomic E-state index is 0.0570. The van der Waals surface area contributed by atoms with Crippen molar-refractivity contribution in [1.82, 2.24) is 4.90 Å². The second-order valence-electron chi connectivity index (χ2n) is 5.18. The predicted octanol–water partition coefficient (Wildman–Crippen LogP) is 0.238. The summed E-state index contributed by atoms with van der Waals surface area (Å²) in [6.45, 7) is 4.00. The molecule has 1 saturated heterocycles. The minimum atomic E-state index is -0.0570. The van der Waals surface area contributed by atoms with E-state index < -0.39 is 0 Å². The number of hydrogen-bond donors (Lipinski definition) is 3. The van der Waals surface area contributed by atoms with Crippen molar-refractivity contribution in [3.8, 4) is 0 Å².